The van der Waals surface area contributed by atoms with Crippen molar-refractivity contribution in [3.63, 3.8) is 0 Å². The quantitative estimate of drug-likeness (QED) is 0.711. The van der Waals surface area contributed by atoms with Crippen molar-refractivity contribution in [3.8, 4) is 0 Å². The molecule has 5 heteroatoms. The lowest BCUT2D eigenvalue weighted by atomic mass is 10.0. The zero-order valence-electron chi connectivity index (χ0n) is 17.1. The zero-order chi connectivity index (χ0) is 20.7. The summed E-state index contributed by atoms with van der Waals surface area (Å²) in [6.45, 7) is 8.74. The Bertz CT molecular complexity index is 818. The lowest BCUT2D eigenvalue weighted by Gasteiger charge is -2.31. The molecule has 0 saturated heterocycles. The van der Waals surface area contributed by atoms with Crippen molar-refractivity contribution in [2.24, 2.45) is 0 Å². The normalized spacial score (nSPS) is 11.8. The molecule has 0 unspecified atom stereocenters. The number of nitrogens with zero attached hydrogens (tertiary/aromatic N) is 1. The Hall–Kier alpha value is -2.33. The Labute approximate surface area is 172 Å². The van der Waals surface area contributed by atoms with Gasteiger partial charge in [0.25, 0.3) is 0 Å². The van der Waals surface area contributed by atoms with Crippen molar-refractivity contribution in [3.05, 3.63) is 69.7 Å². The third-order valence-corrected chi connectivity index (χ3v) is 5.10. The summed E-state index contributed by atoms with van der Waals surface area (Å²) in [6.07, 6.45) is 0.828. The first-order valence-corrected chi connectivity index (χ1v) is 10.1. The predicted octanol–water partition coefficient (Wildman–Crippen LogP) is 4.44. The topological polar surface area (TPSA) is 49.4 Å². The minimum atomic E-state index is -0.506. The fourth-order valence-electron chi connectivity index (χ4n) is 3.25. The van der Waals surface area contributed by atoms with E-state index in [0.717, 1.165) is 22.3 Å². The Morgan fingerprint density at radius 1 is 1.07 bits per heavy atom. The van der Waals surface area contributed by atoms with E-state index in [0.29, 0.717) is 24.5 Å². The molecule has 0 radical (unpaired) electrons. The van der Waals surface area contributed by atoms with Crippen LogP contribution in [0.1, 0.15) is 42.5 Å². The molecule has 2 amide bonds. The summed E-state index contributed by atoms with van der Waals surface area (Å²) in [5.41, 5.74) is 4.14. The van der Waals surface area contributed by atoms with Gasteiger partial charge in [0.05, 0.1) is 6.42 Å². The Balaban J connectivity index is 2.32. The molecule has 0 aliphatic heterocycles. The van der Waals surface area contributed by atoms with Crippen LogP contribution in [0.5, 0.6) is 0 Å². The SMILES string of the molecule is CCNC(=O)[C@@H](CC)N(Cc1ccc(Cl)cc1)C(=O)Cc1cc(C)ccc1C. The molecule has 0 heterocycles. The van der Waals surface area contributed by atoms with Crippen LogP contribution in [0, 0.1) is 13.8 Å². The summed E-state index contributed by atoms with van der Waals surface area (Å²) in [5, 5.41) is 3.50. The van der Waals surface area contributed by atoms with Crippen molar-refractivity contribution >= 4 is 23.4 Å². The molecule has 2 aromatic carbocycles. The van der Waals surface area contributed by atoms with Gasteiger partial charge in [0.1, 0.15) is 6.04 Å². The predicted molar refractivity (Wildman–Crippen MR) is 114 cm³/mol. The van der Waals surface area contributed by atoms with Crippen LogP contribution in [0.25, 0.3) is 0 Å². The number of amides is 2. The lowest BCUT2D eigenvalue weighted by molar-refractivity contribution is -0.140. The van der Waals surface area contributed by atoms with Crippen LogP contribution in [-0.2, 0) is 22.6 Å². The maximum absolute atomic E-state index is 13.3. The van der Waals surface area contributed by atoms with Crippen LogP contribution in [-0.4, -0.2) is 29.3 Å². The van der Waals surface area contributed by atoms with Gasteiger partial charge in [-0.05, 0) is 56.0 Å². The van der Waals surface area contributed by atoms with Crippen LogP contribution < -0.4 is 5.32 Å². The van der Waals surface area contributed by atoms with Gasteiger partial charge in [-0.3, -0.25) is 9.59 Å². The summed E-state index contributed by atoms with van der Waals surface area (Å²) in [6, 6.07) is 13.0. The summed E-state index contributed by atoms with van der Waals surface area (Å²) in [5.74, 6) is -0.171. The third-order valence-electron chi connectivity index (χ3n) is 4.85. The van der Waals surface area contributed by atoms with Crippen LogP contribution in [0.15, 0.2) is 42.5 Å². The van der Waals surface area contributed by atoms with E-state index in [2.05, 4.69) is 5.32 Å². The highest BCUT2D eigenvalue weighted by Crippen LogP contribution is 2.18. The van der Waals surface area contributed by atoms with Gasteiger partial charge in [-0.1, -0.05) is 54.4 Å². The maximum atomic E-state index is 13.3. The minimum absolute atomic E-state index is 0.0539. The molecule has 0 aliphatic carbocycles. The lowest BCUT2D eigenvalue weighted by Crippen LogP contribution is -2.49. The van der Waals surface area contributed by atoms with Crippen LogP contribution in [0.2, 0.25) is 5.02 Å². The number of carbonyl (C=O) groups excluding carboxylic acids is 2. The number of carbonyl (C=O) groups is 2. The summed E-state index contributed by atoms with van der Waals surface area (Å²) < 4.78 is 0. The largest absolute Gasteiger partial charge is 0.355 e. The number of hydrogen-bond acceptors (Lipinski definition) is 2. The fraction of sp³-hybridized carbons (Fsp3) is 0.391. The standard InChI is InChI=1S/C23H29ClN2O2/c1-5-21(23(28)25-6-2)26(15-18-9-11-20(24)12-10-18)22(27)14-19-13-16(3)7-8-17(19)4/h7-13,21H,5-6,14-15H2,1-4H3,(H,25,28)/t21-/m1/s1. The van der Waals surface area contributed by atoms with Crippen LogP contribution in [0.3, 0.4) is 0 Å². The van der Waals surface area contributed by atoms with Crippen LogP contribution in [0.4, 0.5) is 0 Å². The van der Waals surface area contributed by atoms with Crippen molar-refractivity contribution in [2.75, 3.05) is 6.54 Å². The fourth-order valence-corrected chi connectivity index (χ4v) is 3.38. The summed E-state index contributed by atoms with van der Waals surface area (Å²) >= 11 is 5.99. The summed E-state index contributed by atoms with van der Waals surface area (Å²) in [7, 11) is 0. The summed E-state index contributed by atoms with van der Waals surface area (Å²) in [4.78, 5) is 27.6. The molecule has 1 N–H and O–H groups in total. The van der Waals surface area contributed by atoms with Gasteiger partial charge in [-0.25, -0.2) is 0 Å². The second-order valence-corrected chi connectivity index (χ2v) is 7.51. The monoisotopic (exact) mass is 400 g/mol. The molecule has 2 rings (SSSR count). The van der Waals surface area contributed by atoms with Gasteiger partial charge in [-0.2, -0.15) is 0 Å². The van der Waals surface area contributed by atoms with Gasteiger partial charge in [0, 0.05) is 18.1 Å². The van der Waals surface area contributed by atoms with Gasteiger partial charge in [0.15, 0.2) is 0 Å². The smallest absolute Gasteiger partial charge is 0.242 e. The first kappa shape index (κ1) is 22.0. The van der Waals surface area contributed by atoms with Crippen molar-refractivity contribution in [2.45, 2.75) is 53.1 Å². The Morgan fingerprint density at radius 2 is 1.75 bits per heavy atom. The molecule has 28 heavy (non-hydrogen) atoms. The second kappa shape index (κ2) is 10.3. The number of rotatable bonds is 8. The molecular weight excluding hydrogens is 372 g/mol. The van der Waals surface area contributed by atoms with E-state index in [4.69, 9.17) is 11.6 Å². The molecule has 0 bridgehead atoms. The molecule has 4 nitrogen and oxygen atoms in total. The molecule has 0 fully saturated rings. The molecule has 0 aliphatic rings. The zero-order valence-corrected chi connectivity index (χ0v) is 17.8. The van der Waals surface area contributed by atoms with E-state index in [9.17, 15) is 9.59 Å². The van der Waals surface area contributed by atoms with Gasteiger partial charge >= 0.3 is 0 Å². The van der Waals surface area contributed by atoms with E-state index in [1.165, 1.54) is 0 Å². The van der Waals surface area contributed by atoms with Crippen LogP contribution >= 0.6 is 11.6 Å². The molecule has 150 valence electrons. The van der Waals surface area contributed by atoms with E-state index < -0.39 is 6.04 Å². The first-order valence-electron chi connectivity index (χ1n) is 9.73. The average molecular weight is 401 g/mol. The number of benzene rings is 2. The Kier molecular flexibility index (Phi) is 8.06. The number of likely N-dealkylation sites (N-methyl/N-ethyl adjacent to an activating group) is 1. The Morgan fingerprint density at radius 3 is 2.36 bits per heavy atom. The van der Waals surface area contributed by atoms with Gasteiger partial charge < -0.3 is 10.2 Å². The van der Waals surface area contributed by atoms with E-state index in [1.807, 2.05) is 58.0 Å². The van der Waals surface area contributed by atoms with Crippen molar-refractivity contribution in [1.29, 1.82) is 0 Å². The molecule has 1 atom stereocenters. The minimum Gasteiger partial charge on any atom is -0.355 e. The highest BCUT2D eigenvalue weighted by molar-refractivity contribution is 6.30. The van der Waals surface area contributed by atoms with E-state index in [-0.39, 0.29) is 18.2 Å². The average Bonchev–Trinajstić information content (AvgIpc) is 2.66. The van der Waals surface area contributed by atoms with Crippen molar-refractivity contribution in [1.82, 2.24) is 10.2 Å². The first-order chi connectivity index (χ1) is 13.3. The third kappa shape index (κ3) is 5.83. The second-order valence-electron chi connectivity index (χ2n) is 7.07. The number of halogens is 1. The van der Waals surface area contributed by atoms with Gasteiger partial charge in [0.2, 0.25) is 11.8 Å². The van der Waals surface area contributed by atoms with Crippen molar-refractivity contribution < 1.29 is 9.59 Å². The highest BCUT2D eigenvalue weighted by Gasteiger charge is 2.28. The highest BCUT2D eigenvalue weighted by atomic mass is 35.5. The number of hydrogen-bond donors (Lipinski definition) is 1. The molecular formula is C23H29ClN2O2. The molecule has 0 saturated carbocycles. The molecule has 0 spiro atoms. The molecule has 0 aromatic heterocycles. The van der Waals surface area contributed by atoms with E-state index in [1.54, 1.807) is 17.0 Å². The number of nitrogens with one attached hydrogen (secondary N) is 1. The van der Waals surface area contributed by atoms with E-state index >= 15 is 0 Å². The van der Waals surface area contributed by atoms with Gasteiger partial charge in [-0.15, -0.1) is 0 Å². The molecule has 2 aromatic rings. The maximum Gasteiger partial charge on any atom is 0.242 e. The number of aryl methyl sites for hydroxylation is 2.